The van der Waals surface area contributed by atoms with Crippen LogP contribution in [0.4, 0.5) is 0 Å². The van der Waals surface area contributed by atoms with Crippen molar-refractivity contribution in [2.24, 2.45) is 0 Å². The van der Waals surface area contributed by atoms with Gasteiger partial charge in [-0.2, -0.15) is 0 Å². The second-order valence-corrected chi connectivity index (χ2v) is 6.44. The van der Waals surface area contributed by atoms with E-state index in [4.69, 9.17) is 0 Å². The van der Waals surface area contributed by atoms with E-state index in [2.05, 4.69) is 32.1 Å². The molecule has 0 atom stereocenters. The summed E-state index contributed by atoms with van der Waals surface area (Å²) in [7, 11) is 0. The van der Waals surface area contributed by atoms with Crippen LogP contribution >= 0.6 is 0 Å². The van der Waals surface area contributed by atoms with Crippen LogP contribution in [-0.4, -0.2) is 0 Å². The largest absolute Gasteiger partial charge is 1.00 e. The molecule has 0 aromatic heterocycles. The quantitative estimate of drug-likeness (QED) is 0.344. The molecule has 1 aliphatic rings. The van der Waals surface area contributed by atoms with Crippen molar-refractivity contribution in [3.8, 4) is 0 Å². The number of hydrogen-bond donors (Lipinski definition) is 0. The van der Waals surface area contributed by atoms with Crippen LogP contribution in [0.15, 0.2) is 23.8 Å². The van der Waals surface area contributed by atoms with Gasteiger partial charge in [-0.15, -0.1) is 0 Å². The highest BCUT2D eigenvalue weighted by Crippen LogP contribution is 2.22. The van der Waals surface area contributed by atoms with Crippen LogP contribution in [0.1, 0.15) is 97.3 Å². The second-order valence-electron chi connectivity index (χ2n) is 6.44. The Morgan fingerprint density at radius 3 is 1.67 bits per heavy atom. The first-order valence-corrected chi connectivity index (χ1v) is 9.05. The van der Waals surface area contributed by atoms with E-state index in [1.165, 1.54) is 95.0 Å². The van der Waals surface area contributed by atoms with E-state index in [0.717, 1.165) is 0 Å². The minimum absolute atomic E-state index is 0. The summed E-state index contributed by atoms with van der Waals surface area (Å²) in [5.41, 5.74) is 1.54. The molecule has 0 fully saturated rings. The van der Waals surface area contributed by atoms with Crippen LogP contribution in [-0.2, 0) is 0 Å². The highest BCUT2D eigenvalue weighted by atomic mass is 79.9. The van der Waals surface area contributed by atoms with Gasteiger partial charge in [0.15, 0.2) is 0 Å². The highest BCUT2D eigenvalue weighted by molar-refractivity contribution is 5.39. The van der Waals surface area contributed by atoms with Crippen LogP contribution in [0.25, 0.3) is 0 Å². The van der Waals surface area contributed by atoms with E-state index < -0.39 is 0 Å². The summed E-state index contributed by atoms with van der Waals surface area (Å²) in [4.78, 5) is 0. The topological polar surface area (TPSA) is 0 Å². The summed E-state index contributed by atoms with van der Waals surface area (Å²) in [6.07, 6.45) is 25.4. The number of allylic oxidation sites excluding steroid dienone is 4. The number of rotatable bonds is 13. The van der Waals surface area contributed by atoms with Crippen molar-refractivity contribution in [3.63, 3.8) is 0 Å². The van der Waals surface area contributed by atoms with Crippen LogP contribution < -0.4 is 17.0 Å². The third-order valence-corrected chi connectivity index (χ3v) is 4.29. The molecule has 0 unspecified atom stereocenters. The maximum absolute atomic E-state index is 2.33. The summed E-state index contributed by atoms with van der Waals surface area (Å²) < 4.78 is 0. The Morgan fingerprint density at radius 2 is 1.24 bits per heavy atom. The third-order valence-electron chi connectivity index (χ3n) is 4.29. The molecule has 0 N–H and O–H groups in total. The molecule has 1 rings (SSSR count). The Morgan fingerprint density at radius 1 is 0.762 bits per heavy atom. The molecule has 0 aromatic carbocycles. The number of halogens is 1. The molecule has 1 heteroatoms. The maximum Gasteiger partial charge on any atom is 0.0934 e. The molecule has 1 aliphatic carbocycles. The van der Waals surface area contributed by atoms with Crippen LogP contribution in [0.5, 0.6) is 0 Å². The van der Waals surface area contributed by atoms with Crippen LogP contribution in [0.2, 0.25) is 0 Å². The Bertz CT molecular complexity index is 278. The molecule has 0 saturated heterocycles. The monoisotopic (exact) mass is 354 g/mol. The summed E-state index contributed by atoms with van der Waals surface area (Å²) in [5, 5.41) is 0. The predicted molar refractivity (Wildman–Crippen MR) is 91.8 cm³/mol. The van der Waals surface area contributed by atoms with Crippen molar-refractivity contribution in [3.05, 3.63) is 29.7 Å². The van der Waals surface area contributed by atoms with E-state index >= 15 is 0 Å². The maximum atomic E-state index is 2.33. The lowest BCUT2D eigenvalue weighted by Gasteiger charge is -2.02. The Hall–Kier alpha value is -0.170. The molecule has 122 valence electrons. The lowest BCUT2D eigenvalue weighted by atomic mass is 10.0. The van der Waals surface area contributed by atoms with E-state index in [1.807, 2.05) is 0 Å². The predicted octanol–water partition coefficient (Wildman–Crippen LogP) is 4.17. The minimum atomic E-state index is 0. The number of unbranched alkanes of at least 4 members (excludes halogenated alkanes) is 11. The fraction of sp³-hybridized carbons (Fsp3) is 0.750. The fourth-order valence-electron chi connectivity index (χ4n) is 2.95. The van der Waals surface area contributed by atoms with Crippen molar-refractivity contribution < 1.29 is 17.0 Å². The van der Waals surface area contributed by atoms with Gasteiger partial charge in [0.2, 0.25) is 0 Å². The van der Waals surface area contributed by atoms with Gasteiger partial charge >= 0.3 is 0 Å². The SMILES string of the molecule is CCCCCCCCCCCCCCC1=C[C+](C)C=C1.[Br-]. The molecule has 0 spiro atoms. The van der Waals surface area contributed by atoms with Gasteiger partial charge in [0.1, 0.15) is 0 Å². The fourth-order valence-corrected chi connectivity index (χ4v) is 2.95. The van der Waals surface area contributed by atoms with E-state index in [-0.39, 0.29) is 17.0 Å². The van der Waals surface area contributed by atoms with Gasteiger partial charge in [0.05, 0.1) is 29.7 Å². The van der Waals surface area contributed by atoms with Gasteiger partial charge in [0.25, 0.3) is 0 Å². The van der Waals surface area contributed by atoms with Crippen LogP contribution in [0, 0.1) is 5.92 Å². The molecule has 0 aliphatic heterocycles. The summed E-state index contributed by atoms with van der Waals surface area (Å²) in [5.74, 6) is 1.42. The van der Waals surface area contributed by atoms with Gasteiger partial charge in [-0.25, -0.2) is 0 Å². The van der Waals surface area contributed by atoms with Gasteiger partial charge in [-0.05, 0) is 6.42 Å². The summed E-state index contributed by atoms with van der Waals surface area (Å²) >= 11 is 0. The molecule has 0 radical (unpaired) electrons. The van der Waals surface area contributed by atoms with Crippen molar-refractivity contribution in [1.29, 1.82) is 0 Å². The van der Waals surface area contributed by atoms with Gasteiger partial charge in [-0.3, -0.25) is 0 Å². The Kier molecular flexibility index (Phi) is 14.6. The van der Waals surface area contributed by atoms with Gasteiger partial charge < -0.3 is 17.0 Å². The zero-order chi connectivity index (χ0) is 14.5. The third kappa shape index (κ3) is 12.1. The Balaban J connectivity index is 0.00000400. The summed E-state index contributed by atoms with van der Waals surface area (Å²) in [6, 6.07) is 0. The average molecular weight is 355 g/mol. The smallest absolute Gasteiger partial charge is 0.0934 e. The normalized spacial score (nSPS) is 13.4. The standard InChI is InChI=1S/C20H35.BrH/c1-3-4-5-6-7-8-9-10-11-12-13-14-15-20-17-16-19(2)18-20;/h16-18H,3-15H2,1-2H3;1H/q+1;/p-1. The van der Waals surface area contributed by atoms with Gasteiger partial charge in [0, 0.05) is 13.3 Å². The molecule has 0 nitrogen and oxygen atoms in total. The number of hydrogen-bond acceptors (Lipinski definition) is 0. The molecule has 0 aromatic rings. The second kappa shape index (κ2) is 14.8. The molecule has 0 heterocycles. The average Bonchev–Trinajstić information content (AvgIpc) is 2.86. The Labute approximate surface area is 144 Å². The first-order chi connectivity index (χ1) is 9.83. The highest BCUT2D eigenvalue weighted by Gasteiger charge is 2.13. The molecule has 0 saturated carbocycles. The zero-order valence-electron chi connectivity index (χ0n) is 14.3. The molecule has 0 bridgehead atoms. The zero-order valence-corrected chi connectivity index (χ0v) is 15.9. The van der Waals surface area contributed by atoms with Crippen molar-refractivity contribution in [2.75, 3.05) is 0 Å². The molecular weight excluding hydrogens is 320 g/mol. The van der Waals surface area contributed by atoms with E-state index in [9.17, 15) is 0 Å². The minimum Gasteiger partial charge on any atom is -1.00 e. The van der Waals surface area contributed by atoms with Gasteiger partial charge in [-0.1, -0.05) is 77.6 Å². The first-order valence-electron chi connectivity index (χ1n) is 9.05. The van der Waals surface area contributed by atoms with Crippen molar-refractivity contribution in [1.82, 2.24) is 0 Å². The summed E-state index contributed by atoms with van der Waals surface area (Å²) in [6.45, 7) is 4.48. The molecular formula is C20H35Br. The first kappa shape index (κ1) is 20.8. The lowest BCUT2D eigenvalue weighted by Crippen LogP contribution is -3.00. The van der Waals surface area contributed by atoms with Crippen molar-refractivity contribution in [2.45, 2.75) is 97.3 Å². The van der Waals surface area contributed by atoms with E-state index in [0.29, 0.717) is 0 Å². The lowest BCUT2D eigenvalue weighted by molar-refractivity contribution is -0.00000442. The van der Waals surface area contributed by atoms with Crippen molar-refractivity contribution >= 4 is 0 Å². The molecule has 0 amide bonds. The van der Waals surface area contributed by atoms with E-state index in [1.54, 1.807) is 0 Å². The molecule has 21 heavy (non-hydrogen) atoms. The van der Waals surface area contributed by atoms with Crippen LogP contribution in [0.3, 0.4) is 0 Å².